The van der Waals surface area contributed by atoms with E-state index in [0.717, 1.165) is 0 Å². The summed E-state index contributed by atoms with van der Waals surface area (Å²) < 4.78 is 9.96. The fourth-order valence-electron chi connectivity index (χ4n) is 1.09. The van der Waals surface area contributed by atoms with E-state index in [1.54, 1.807) is 6.07 Å². The Morgan fingerprint density at radius 3 is 2.81 bits per heavy atom. The molecule has 0 saturated heterocycles. The number of benzene rings is 1. The molecule has 0 heterocycles. The molecule has 0 aliphatic rings. The Kier molecular flexibility index (Phi) is 3.97. The van der Waals surface area contributed by atoms with Gasteiger partial charge in [0.25, 0.3) is 0 Å². The first-order valence-electron chi connectivity index (χ1n) is 4.20. The number of rotatable bonds is 4. The monoisotopic (exact) mass is 241 g/mol. The molecule has 5 nitrogen and oxygen atoms in total. The molecule has 1 aromatic carbocycles. The topological polar surface area (TPSA) is 79.6 Å². The Morgan fingerprint density at radius 1 is 1.62 bits per heavy atom. The van der Waals surface area contributed by atoms with Gasteiger partial charge in [0, 0.05) is 0 Å². The molecular formula is C10H8ClNO4. The van der Waals surface area contributed by atoms with Crippen LogP contribution in [0.4, 0.5) is 0 Å². The zero-order valence-electron chi connectivity index (χ0n) is 8.36. The van der Waals surface area contributed by atoms with E-state index in [2.05, 4.69) is 0 Å². The summed E-state index contributed by atoms with van der Waals surface area (Å²) in [6, 6.07) is 4.29. The Labute approximate surface area is 96.8 Å². The van der Waals surface area contributed by atoms with E-state index in [4.69, 9.17) is 31.4 Å². The van der Waals surface area contributed by atoms with Gasteiger partial charge < -0.3 is 14.6 Å². The normalized spacial score (nSPS) is 9.31. The molecule has 0 aliphatic heterocycles. The molecule has 0 bridgehead atoms. The van der Waals surface area contributed by atoms with Gasteiger partial charge in [-0.3, -0.25) is 0 Å². The van der Waals surface area contributed by atoms with Crippen LogP contribution in [0, 0.1) is 11.3 Å². The molecule has 16 heavy (non-hydrogen) atoms. The summed E-state index contributed by atoms with van der Waals surface area (Å²) in [6.07, 6.45) is 0. The number of halogens is 1. The van der Waals surface area contributed by atoms with Crippen molar-refractivity contribution in [2.75, 3.05) is 13.7 Å². The molecule has 0 spiro atoms. The summed E-state index contributed by atoms with van der Waals surface area (Å²) in [4.78, 5) is 10.7. The van der Waals surface area contributed by atoms with Crippen molar-refractivity contribution in [3.05, 3.63) is 22.7 Å². The standard InChI is InChI=1S/C10H8ClNO4/c1-15-8-5-6(10(13)14)4-7(11)9(8)16-3-2-12/h4-5H,3H2,1H3,(H,13,14). The summed E-state index contributed by atoms with van der Waals surface area (Å²) in [5.74, 6) is -0.775. The van der Waals surface area contributed by atoms with Crippen molar-refractivity contribution in [2.24, 2.45) is 0 Å². The molecule has 0 unspecified atom stereocenters. The van der Waals surface area contributed by atoms with Gasteiger partial charge in [-0.15, -0.1) is 0 Å². The largest absolute Gasteiger partial charge is 0.493 e. The van der Waals surface area contributed by atoms with Crippen LogP contribution >= 0.6 is 11.6 Å². The third-order valence-electron chi connectivity index (χ3n) is 1.76. The van der Waals surface area contributed by atoms with E-state index < -0.39 is 5.97 Å². The number of hydrogen-bond donors (Lipinski definition) is 1. The highest BCUT2D eigenvalue weighted by Gasteiger charge is 2.14. The molecule has 0 saturated carbocycles. The molecule has 0 radical (unpaired) electrons. The number of ether oxygens (including phenoxy) is 2. The number of carboxylic acid groups (broad SMARTS) is 1. The molecule has 0 amide bonds. The van der Waals surface area contributed by atoms with Crippen LogP contribution in [0.25, 0.3) is 0 Å². The summed E-state index contributed by atoms with van der Waals surface area (Å²) >= 11 is 5.82. The van der Waals surface area contributed by atoms with Crippen molar-refractivity contribution in [3.8, 4) is 17.6 Å². The number of aromatic carboxylic acids is 1. The van der Waals surface area contributed by atoms with Crippen molar-refractivity contribution < 1.29 is 19.4 Å². The van der Waals surface area contributed by atoms with Crippen LogP contribution in [-0.2, 0) is 0 Å². The van der Waals surface area contributed by atoms with Crippen molar-refractivity contribution >= 4 is 17.6 Å². The maximum Gasteiger partial charge on any atom is 0.335 e. The summed E-state index contributed by atoms with van der Waals surface area (Å²) in [5, 5.41) is 17.3. The molecule has 0 aromatic heterocycles. The van der Waals surface area contributed by atoms with Crippen molar-refractivity contribution in [2.45, 2.75) is 0 Å². The van der Waals surface area contributed by atoms with Crippen LogP contribution in [0.2, 0.25) is 5.02 Å². The lowest BCUT2D eigenvalue weighted by Gasteiger charge is -2.10. The van der Waals surface area contributed by atoms with Crippen LogP contribution in [0.5, 0.6) is 11.5 Å². The van der Waals surface area contributed by atoms with Crippen molar-refractivity contribution in [3.63, 3.8) is 0 Å². The van der Waals surface area contributed by atoms with Crippen LogP contribution in [0.3, 0.4) is 0 Å². The molecule has 6 heteroatoms. The molecular weight excluding hydrogens is 234 g/mol. The zero-order chi connectivity index (χ0) is 12.1. The van der Waals surface area contributed by atoms with Crippen LogP contribution in [0.1, 0.15) is 10.4 Å². The fourth-order valence-corrected chi connectivity index (χ4v) is 1.35. The van der Waals surface area contributed by atoms with Gasteiger partial charge in [0.15, 0.2) is 18.1 Å². The van der Waals surface area contributed by atoms with E-state index in [9.17, 15) is 4.79 Å². The summed E-state index contributed by atoms with van der Waals surface area (Å²) in [5.41, 5.74) is -0.00819. The Bertz CT molecular complexity index is 453. The van der Waals surface area contributed by atoms with Gasteiger partial charge in [-0.1, -0.05) is 11.6 Å². The van der Waals surface area contributed by atoms with Crippen LogP contribution < -0.4 is 9.47 Å². The van der Waals surface area contributed by atoms with E-state index in [1.807, 2.05) is 0 Å². The van der Waals surface area contributed by atoms with Gasteiger partial charge in [0.1, 0.15) is 6.07 Å². The molecule has 1 N–H and O–H groups in total. The average molecular weight is 242 g/mol. The van der Waals surface area contributed by atoms with Gasteiger partial charge in [0.2, 0.25) is 0 Å². The van der Waals surface area contributed by atoms with Gasteiger partial charge in [-0.2, -0.15) is 5.26 Å². The number of nitriles is 1. The lowest BCUT2D eigenvalue weighted by molar-refractivity contribution is 0.0696. The van der Waals surface area contributed by atoms with Crippen molar-refractivity contribution in [1.29, 1.82) is 5.26 Å². The molecule has 1 aromatic rings. The van der Waals surface area contributed by atoms with Crippen LogP contribution in [-0.4, -0.2) is 24.8 Å². The molecule has 1 rings (SSSR count). The minimum Gasteiger partial charge on any atom is -0.493 e. The Morgan fingerprint density at radius 2 is 2.31 bits per heavy atom. The van der Waals surface area contributed by atoms with E-state index in [1.165, 1.54) is 19.2 Å². The molecule has 0 fully saturated rings. The number of nitrogens with zero attached hydrogens (tertiary/aromatic N) is 1. The smallest absolute Gasteiger partial charge is 0.335 e. The number of carboxylic acids is 1. The SMILES string of the molecule is COc1cc(C(=O)O)cc(Cl)c1OCC#N. The minimum atomic E-state index is -1.12. The summed E-state index contributed by atoms with van der Waals surface area (Å²) in [6.45, 7) is -0.192. The fraction of sp³-hybridized carbons (Fsp3) is 0.200. The highest BCUT2D eigenvalue weighted by molar-refractivity contribution is 6.32. The summed E-state index contributed by atoms with van der Waals surface area (Å²) in [7, 11) is 1.36. The van der Waals surface area contributed by atoms with Crippen LogP contribution in [0.15, 0.2) is 12.1 Å². The minimum absolute atomic E-state index is 0.00819. The third kappa shape index (κ3) is 2.55. The van der Waals surface area contributed by atoms with Gasteiger partial charge >= 0.3 is 5.97 Å². The van der Waals surface area contributed by atoms with E-state index >= 15 is 0 Å². The lowest BCUT2D eigenvalue weighted by Crippen LogP contribution is -2.01. The zero-order valence-corrected chi connectivity index (χ0v) is 9.11. The Balaban J connectivity index is 3.18. The highest BCUT2D eigenvalue weighted by Crippen LogP contribution is 2.36. The second kappa shape index (κ2) is 5.24. The predicted octanol–water partition coefficient (Wildman–Crippen LogP) is 1.95. The third-order valence-corrected chi connectivity index (χ3v) is 2.04. The number of carbonyl (C=O) groups is 1. The second-order valence-corrected chi connectivity index (χ2v) is 3.15. The highest BCUT2D eigenvalue weighted by atomic mass is 35.5. The quantitative estimate of drug-likeness (QED) is 0.872. The number of hydrogen-bond acceptors (Lipinski definition) is 4. The van der Waals surface area contributed by atoms with E-state index in [-0.39, 0.29) is 28.7 Å². The van der Waals surface area contributed by atoms with Gasteiger partial charge in [-0.25, -0.2) is 4.79 Å². The first-order valence-corrected chi connectivity index (χ1v) is 4.58. The van der Waals surface area contributed by atoms with Gasteiger partial charge in [0.05, 0.1) is 17.7 Å². The first-order chi connectivity index (χ1) is 7.60. The first kappa shape index (κ1) is 12.1. The average Bonchev–Trinajstić information content (AvgIpc) is 2.26. The number of methoxy groups -OCH3 is 1. The predicted molar refractivity (Wildman–Crippen MR) is 56.1 cm³/mol. The molecule has 0 aliphatic carbocycles. The maximum atomic E-state index is 10.7. The molecule has 84 valence electrons. The van der Waals surface area contributed by atoms with E-state index in [0.29, 0.717) is 0 Å². The second-order valence-electron chi connectivity index (χ2n) is 2.74. The van der Waals surface area contributed by atoms with Gasteiger partial charge in [-0.05, 0) is 12.1 Å². The Hall–Kier alpha value is -1.93. The lowest BCUT2D eigenvalue weighted by atomic mass is 10.2. The molecule has 0 atom stereocenters. The maximum absolute atomic E-state index is 10.7. The van der Waals surface area contributed by atoms with Crippen molar-refractivity contribution in [1.82, 2.24) is 0 Å².